The minimum atomic E-state index is 0.788. The second kappa shape index (κ2) is 4.14. The smallest absolute Gasteiger partial charge is 0.167 e. The average Bonchev–Trinajstić information content (AvgIpc) is 3.16. The lowest BCUT2D eigenvalue weighted by Gasteiger charge is -2.05. The number of hydrogen-bond donors (Lipinski definition) is 1. The minimum Gasteiger partial charge on any atom is -0.353 e. The topological polar surface area (TPSA) is 59.4 Å². The summed E-state index contributed by atoms with van der Waals surface area (Å²) in [5, 5.41) is 2.42. The first-order chi connectivity index (χ1) is 10.9. The number of aromatic nitrogens is 5. The Kier molecular flexibility index (Phi) is 2.16. The van der Waals surface area contributed by atoms with Crippen LogP contribution < -0.4 is 0 Å². The van der Waals surface area contributed by atoms with Crippen LogP contribution >= 0.6 is 0 Å². The third-order valence-electron chi connectivity index (χ3n) is 3.99. The molecule has 3 heterocycles. The molecule has 0 fully saturated rings. The van der Waals surface area contributed by atoms with Gasteiger partial charge in [-0.05, 0) is 12.1 Å². The fraction of sp³-hybridized carbons (Fsp3) is 0. The summed E-state index contributed by atoms with van der Waals surface area (Å²) in [6, 6.07) is 14.6. The van der Waals surface area contributed by atoms with Crippen LogP contribution in [0, 0.1) is 0 Å². The van der Waals surface area contributed by atoms with Gasteiger partial charge in [-0.2, -0.15) is 0 Å². The molecule has 0 amide bonds. The van der Waals surface area contributed by atoms with E-state index in [2.05, 4.69) is 56.3 Å². The van der Waals surface area contributed by atoms with Gasteiger partial charge in [-0.3, -0.25) is 4.57 Å². The molecule has 5 nitrogen and oxygen atoms in total. The molecule has 3 aromatic heterocycles. The predicted octanol–water partition coefficient (Wildman–Crippen LogP) is 3.45. The number of fused-ring (bicyclic) bond motifs is 4. The first-order valence-electron chi connectivity index (χ1n) is 7.05. The molecule has 0 unspecified atom stereocenters. The molecule has 0 aliphatic rings. The lowest BCUT2D eigenvalue weighted by molar-refractivity contribution is 1.07. The number of nitrogens with one attached hydrogen (secondary N) is 1. The zero-order chi connectivity index (χ0) is 14.5. The van der Waals surface area contributed by atoms with Gasteiger partial charge in [-0.15, -0.1) is 0 Å². The summed E-state index contributed by atoms with van der Waals surface area (Å²) < 4.78 is 1.99. The Bertz CT molecular complexity index is 1140. The highest BCUT2D eigenvalue weighted by Crippen LogP contribution is 2.30. The van der Waals surface area contributed by atoms with E-state index >= 15 is 0 Å². The van der Waals surface area contributed by atoms with Gasteiger partial charge in [-0.1, -0.05) is 30.3 Å². The molecule has 5 aromatic rings. The first-order valence-corrected chi connectivity index (χ1v) is 7.05. The molecule has 0 saturated carbocycles. The van der Waals surface area contributed by atoms with Crippen LogP contribution in [0.25, 0.3) is 38.7 Å². The van der Waals surface area contributed by atoms with Gasteiger partial charge in [0.2, 0.25) is 0 Å². The van der Waals surface area contributed by atoms with Crippen LogP contribution in [0.2, 0.25) is 0 Å². The van der Waals surface area contributed by atoms with Crippen LogP contribution in [0.4, 0.5) is 0 Å². The fourth-order valence-electron chi connectivity index (χ4n) is 3.00. The van der Waals surface area contributed by atoms with E-state index in [1.807, 2.05) is 10.6 Å². The number of aromatic amines is 1. The molecule has 5 rings (SSSR count). The molecule has 0 aliphatic carbocycles. The van der Waals surface area contributed by atoms with Crippen LogP contribution in [0.1, 0.15) is 0 Å². The molecule has 0 aliphatic heterocycles. The maximum Gasteiger partial charge on any atom is 0.167 e. The van der Waals surface area contributed by atoms with E-state index in [4.69, 9.17) is 0 Å². The van der Waals surface area contributed by atoms with Gasteiger partial charge in [0.15, 0.2) is 5.65 Å². The van der Waals surface area contributed by atoms with Crippen molar-refractivity contribution in [1.82, 2.24) is 24.5 Å². The molecule has 0 bridgehead atoms. The number of imidazole rings is 1. The van der Waals surface area contributed by atoms with E-state index in [1.54, 1.807) is 18.9 Å². The van der Waals surface area contributed by atoms with Crippen molar-refractivity contribution in [2.75, 3.05) is 0 Å². The van der Waals surface area contributed by atoms with Crippen LogP contribution in [0.15, 0.2) is 61.3 Å². The number of rotatable bonds is 1. The van der Waals surface area contributed by atoms with Crippen LogP contribution in [0.5, 0.6) is 0 Å². The molecule has 0 atom stereocenters. The summed E-state index contributed by atoms with van der Waals surface area (Å²) in [6.45, 7) is 0. The molecule has 104 valence electrons. The summed E-state index contributed by atoms with van der Waals surface area (Å²) in [6.07, 6.45) is 5.07. The largest absolute Gasteiger partial charge is 0.353 e. The zero-order valence-electron chi connectivity index (χ0n) is 11.6. The average molecular weight is 285 g/mol. The van der Waals surface area contributed by atoms with E-state index in [0.717, 1.165) is 27.9 Å². The third kappa shape index (κ3) is 1.45. The Morgan fingerprint density at radius 3 is 2.82 bits per heavy atom. The number of hydrogen-bond acceptors (Lipinski definition) is 3. The molecule has 2 aromatic carbocycles. The SMILES string of the molecule is c1ccc2c(c1)[nH]c1c(-n3cnc4cncnc43)cccc12. The summed E-state index contributed by atoms with van der Waals surface area (Å²) in [5.74, 6) is 0. The number of para-hydroxylation sites is 2. The van der Waals surface area contributed by atoms with E-state index in [1.165, 1.54) is 10.8 Å². The van der Waals surface area contributed by atoms with Gasteiger partial charge in [-0.25, -0.2) is 15.0 Å². The molecular weight excluding hydrogens is 274 g/mol. The van der Waals surface area contributed by atoms with E-state index in [9.17, 15) is 0 Å². The fourth-order valence-corrected chi connectivity index (χ4v) is 3.00. The van der Waals surface area contributed by atoms with E-state index < -0.39 is 0 Å². The van der Waals surface area contributed by atoms with Crippen molar-refractivity contribution in [3.05, 3.63) is 61.3 Å². The first kappa shape index (κ1) is 11.4. The van der Waals surface area contributed by atoms with Crippen molar-refractivity contribution < 1.29 is 0 Å². The molecule has 0 spiro atoms. The Morgan fingerprint density at radius 1 is 0.909 bits per heavy atom. The summed E-state index contributed by atoms with van der Waals surface area (Å²) in [5.41, 5.74) is 4.84. The highest BCUT2D eigenvalue weighted by atomic mass is 15.1. The van der Waals surface area contributed by atoms with Gasteiger partial charge < -0.3 is 4.98 Å². The quantitative estimate of drug-likeness (QED) is 0.513. The Balaban J connectivity index is 1.92. The lowest BCUT2D eigenvalue weighted by atomic mass is 10.1. The van der Waals surface area contributed by atoms with Crippen molar-refractivity contribution in [3.8, 4) is 5.69 Å². The highest BCUT2D eigenvalue weighted by Gasteiger charge is 2.12. The second-order valence-corrected chi connectivity index (χ2v) is 5.22. The van der Waals surface area contributed by atoms with Crippen LogP contribution in [-0.2, 0) is 0 Å². The summed E-state index contributed by atoms with van der Waals surface area (Å²) in [7, 11) is 0. The zero-order valence-corrected chi connectivity index (χ0v) is 11.6. The summed E-state index contributed by atoms with van der Waals surface area (Å²) in [4.78, 5) is 16.3. The summed E-state index contributed by atoms with van der Waals surface area (Å²) >= 11 is 0. The van der Waals surface area contributed by atoms with Crippen LogP contribution in [-0.4, -0.2) is 24.5 Å². The third-order valence-corrected chi connectivity index (χ3v) is 3.99. The van der Waals surface area contributed by atoms with Crippen molar-refractivity contribution in [2.45, 2.75) is 0 Å². The second-order valence-electron chi connectivity index (χ2n) is 5.22. The molecule has 1 N–H and O–H groups in total. The molecule has 0 radical (unpaired) electrons. The van der Waals surface area contributed by atoms with Gasteiger partial charge in [0, 0.05) is 16.3 Å². The molecule has 0 saturated heterocycles. The lowest BCUT2D eigenvalue weighted by Crippen LogP contribution is -1.95. The van der Waals surface area contributed by atoms with Gasteiger partial charge in [0.25, 0.3) is 0 Å². The Labute approximate surface area is 125 Å². The molecular formula is C17H11N5. The Hall–Kier alpha value is -3.21. The molecule has 22 heavy (non-hydrogen) atoms. The van der Waals surface area contributed by atoms with Crippen LogP contribution in [0.3, 0.4) is 0 Å². The van der Waals surface area contributed by atoms with Crippen molar-refractivity contribution >= 4 is 33.0 Å². The van der Waals surface area contributed by atoms with Gasteiger partial charge in [0.1, 0.15) is 18.2 Å². The number of nitrogens with zero attached hydrogens (tertiary/aromatic N) is 4. The van der Waals surface area contributed by atoms with Crippen molar-refractivity contribution in [2.24, 2.45) is 0 Å². The van der Waals surface area contributed by atoms with Gasteiger partial charge in [0.05, 0.1) is 17.4 Å². The van der Waals surface area contributed by atoms with E-state index in [-0.39, 0.29) is 0 Å². The predicted molar refractivity (Wildman–Crippen MR) is 86.0 cm³/mol. The van der Waals surface area contributed by atoms with Crippen molar-refractivity contribution in [3.63, 3.8) is 0 Å². The maximum atomic E-state index is 4.38. The standard InChI is InChI=1S/C17H11N5/c1-2-6-13-11(4-1)12-5-3-7-15(16(12)21-13)22-10-20-14-8-18-9-19-17(14)22/h1-10,21H. The maximum absolute atomic E-state index is 4.38. The highest BCUT2D eigenvalue weighted by molar-refractivity contribution is 6.09. The van der Waals surface area contributed by atoms with Crippen molar-refractivity contribution in [1.29, 1.82) is 0 Å². The van der Waals surface area contributed by atoms with Gasteiger partial charge >= 0.3 is 0 Å². The normalized spacial score (nSPS) is 11.6. The number of H-pyrrole nitrogens is 1. The number of benzene rings is 2. The minimum absolute atomic E-state index is 0.788. The Morgan fingerprint density at radius 2 is 1.82 bits per heavy atom. The van der Waals surface area contributed by atoms with E-state index in [0.29, 0.717) is 0 Å². The monoisotopic (exact) mass is 285 g/mol. The molecule has 5 heteroatoms.